The molecule has 0 saturated carbocycles. The fourth-order valence-corrected chi connectivity index (χ4v) is 2.94. The summed E-state index contributed by atoms with van der Waals surface area (Å²) in [4.78, 5) is 16.3. The number of alkyl halides is 2. The Labute approximate surface area is 187 Å². The van der Waals surface area contributed by atoms with Crippen molar-refractivity contribution in [2.24, 2.45) is 4.99 Å². The molecular weight excluding hydrogens is 418 g/mol. The number of ether oxygens (including phenoxy) is 2. The summed E-state index contributed by atoms with van der Waals surface area (Å²) in [6.45, 7) is 2.38. The van der Waals surface area contributed by atoms with Gasteiger partial charge in [-0.3, -0.25) is 9.79 Å². The average Bonchev–Trinajstić information content (AvgIpc) is 2.79. The molecule has 1 amide bonds. The van der Waals surface area contributed by atoms with Crippen molar-refractivity contribution in [1.29, 1.82) is 0 Å². The summed E-state index contributed by atoms with van der Waals surface area (Å²) in [6, 6.07) is 12.3. The van der Waals surface area contributed by atoms with Crippen molar-refractivity contribution in [3.05, 3.63) is 59.2 Å². The van der Waals surface area contributed by atoms with E-state index in [9.17, 15) is 13.6 Å². The highest BCUT2D eigenvalue weighted by atomic mass is 19.3. The Morgan fingerprint density at radius 3 is 2.50 bits per heavy atom. The number of benzene rings is 2. The van der Waals surface area contributed by atoms with Crippen LogP contribution >= 0.6 is 0 Å². The Morgan fingerprint density at radius 1 is 1.06 bits per heavy atom. The van der Waals surface area contributed by atoms with Gasteiger partial charge < -0.3 is 25.4 Å². The molecule has 0 atom stereocenters. The number of halogens is 2. The molecule has 2 aromatic carbocycles. The molecule has 0 heterocycles. The number of carbonyl (C=O) groups is 1. The van der Waals surface area contributed by atoms with Gasteiger partial charge in [-0.2, -0.15) is 8.78 Å². The summed E-state index contributed by atoms with van der Waals surface area (Å²) >= 11 is 0. The van der Waals surface area contributed by atoms with Crippen LogP contribution in [0.5, 0.6) is 11.5 Å². The third kappa shape index (κ3) is 7.72. The van der Waals surface area contributed by atoms with E-state index in [2.05, 4.69) is 20.9 Å². The van der Waals surface area contributed by atoms with Crippen LogP contribution in [0.3, 0.4) is 0 Å². The van der Waals surface area contributed by atoms with E-state index in [1.54, 1.807) is 38.2 Å². The minimum atomic E-state index is -2.96. The van der Waals surface area contributed by atoms with Crippen molar-refractivity contribution in [2.45, 2.75) is 40.0 Å². The van der Waals surface area contributed by atoms with Crippen LogP contribution in [0.25, 0.3) is 0 Å². The zero-order chi connectivity index (χ0) is 23.3. The fourth-order valence-electron chi connectivity index (χ4n) is 2.94. The number of nitrogens with zero attached hydrogens (tertiary/aromatic N) is 1. The Morgan fingerprint density at radius 2 is 1.81 bits per heavy atom. The molecule has 3 N–H and O–H groups in total. The maximum atomic E-state index is 12.9. The third-order valence-corrected chi connectivity index (χ3v) is 4.42. The summed E-state index contributed by atoms with van der Waals surface area (Å²) in [5.41, 5.74) is 1.99. The summed E-state index contributed by atoms with van der Waals surface area (Å²) in [7, 11) is 1.61. The van der Waals surface area contributed by atoms with Gasteiger partial charge in [0.25, 0.3) is 5.91 Å². The van der Waals surface area contributed by atoms with Gasteiger partial charge >= 0.3 is 6.61 Å². The predicted octanol–water partition coefficient (Wildman–Crippen LogP) is 3.69. The molecule has 0 radical (unpaired) electrons. The molecule has 174 valence electrons. The van der Waals surface area contributed by atoms with E-state index in [1.807, 2.05) is 25.1 Å². The first-order chi connectivity index (χ1) is 15.5. The van der Waals surface area contributed by atoms with E-state index in [-0.39, 0.29) is 24.0 Å². The second kappa shape index (κ2) is 13.1. The molecule has 7 nitrogen and oxygen atoms in total. The quantitative estimate of drug-likeness (QED) is 0.361. The van der Waals surface area contributed by atoms with Crippen molar-refractivity contribution in [1.82, 2.24) is 16.0 Å². The zero-order valence-corrected chi connectivity index (χ0v) is 18.6. The van der Waals surface area contributed by atoms with Crippen LogP contribution in [0.1, 0.15) is 41.8 Å². The van der Waals surface area contributed by atoms with Gasteiger partial charge in [0.2, 0.25) is 0 Å². The highest BCUT2D eigenvalue weighted by Crippen LogP contribution is 2.32. The standard InChI is InChI=1S/C23H30F2N4O3/c1-4-12-27-21(30)17-9-6-8-16(13-17)14-28-23(26-3)29-15-18-10-7-11-19(31-5-2)20(18)32-22(24)25/h6-11,13,22H,4-5,12,14-15H2,1-3H3,(H,27,30)(H2,26,28,29). The van der Waals surface area contributed by atoms with E-state index in [1.165, 1.54) is 0 Å². The van der Waals surface area contributed by atoms with Crippen LogP contribution in [0, 0.1) is 0 Å². The monoisotopic (exact) mass is 448 g/mol. The number of hydrogen-bond donors (Lipinski definition) is 3. The van der Waals surface area contributed by atoms with Crippen molar-refractivity contribution < 1.29 is 23.0 Å². The van der Waals surface area contributed by atoms with Gasteiger partial charge in [-0.15, -0.1) is 0 Å². The first-order valence-corrected chi connectivity index (χ1v) is 10.5. The SMILES string of the molecule is CCCNC(=O)c1cccc(CNC(=NC)NCc2cccc(OCC)c2OC(F)F)c1. The number of aliphatic imine (C=N–C) groups is 1. The van der Waals surface area contributed by atoms with E-state index in [0.717, 1.165) is 12.0 Å². The molecule has 2 rings (SSSR count). The number of para-hydroxylation sites is 1. The van der Waals surface area contributed by atoms with Crippen LogP contribution in [0.15, 0.2) is 47.5 Å². The normalized spacial score (nSPS) is 11.2. The van der Waals surface area contributed by atoms with Gasteiger partial charge in [-0.05, 0) is 37.1 Å². The molecule has 9 heteroatoms. The summed E-state index contributed by atoms with van der Waals surface area (Å²) in [6.07, 6.45) is 0.868. The molecular formula is C23H30F2N4O3. The van der Waals surface area contributed by atoms with Crippen molar-refractivity contribution in [3.8, 4) is 11.5 Å². The number of hydrogen-bond acceptors (Lipinski definition) is 4. The van der Waals surface area contributed by atoms with Crippen LogP contribution in [0.2, 0.25) is 0 Å². The average molecular weight is 449 g/mol. The van der Waals surface area contributed by atoms with E-state index in [4.69, 9.17) is 9.47 Å². The second-order valence-electron chi connectivity index (χ2n) is 6.79. The topological polar surface area (TPSA) is 84.0 Å². The second-order valence-corrected chi connectivity index (χ2v) is 6.79. The molecule has 0 aromatic heterocycles. The van der Waals surface area contributed by atoms with E-state index in [0.29, 0.717) is 36.8 Å². The minimum Gasteiger partial charge on any atom is -0.490 e. The molecule has 0 aliphatic heterocycles. The number of carbonyl (C=O) groups excluding carboxylic acids is 1. The first kappa shape index (κ1) is 24.9. The van der Waals surface area contributed by atoms with Gasteiger partial charge in [-0.25, -0.2) is 0 Å². The Balaban J connectivity index is 2.01. The highest BCUT2D eigenvalue weighted by molar-refractivity contribution is 5.94. The number of guanidine groups is 1. The predicted molar refractivity (Wildman–Crippen MR) is 120 cm³/mol. The van der Waals surface area contributed by atoms with Gasteiger partial charge in [0.15, 0.2) is 17.5 Å². The Bertz CT molecular complexity index is 907. The van der Waals surface area contributed by atoms with Crippen molar-refractivity contribution in [2.75, 3.05) is 20.2 Å². The molecule has 0 saturated heterocycles. The lowest BCUT2D eigenvalue weighted by atomic mass is 10.1. The molecule has 32 heavy (non-hydrogen) atoms. The summed E-state index contributed by atoms with van der Waals surface area (Å²) < 4.78 is 35.9. The lowest BCUT2D eigenvalue weighted by Crippen LogP contribution is -2.36. The summed E-state index contributed by atoms with van der Waals surface area (Å²) in [5.74, 6) is 0.610. The molecule has 2 aromatic rings. The first-order valence-electron chi connectivity index (χ1n) is 10.5. The number of nitrogens with one attached hydrogen (secondary N) is 3. The van der Waals surface area contributed by atoms with E-state index >= 15 is 0 Å². The minimum absolute atomic E-state index is 0.00176. The van der Waals surface area contributed by atoms with Crippen LogP contribution in [-0.4, -0.2) is 38.7 Å². The lowest BCUT2D eigenvalue weighted by Gasteiger charge is -2.17. The molecule has 0 aliphatic carbocycles. The van der Waals surface area contributed by atoms with Crippen molar-refractivity contribution >= 4 is 11.9 Å². The number of rotatable bonds is 11. The molecule has 0 aliphatic rings. The van der Waals surface area contributed by atoms with Crippen LogP contribution < -0.4 is 25.4 Å². The maximum absolute atomic E-state index is 12.9. The Hall–Kier alpha value is -3.36. The Kier molecular flexibility index (Phi) is 10.2. The van der Waals surface area contributed by atoms with Gasteiger partial charge in [0.1, 0.15) is 0 Å². The van der Waals surface area contributed by atoms with Gasteiger partial charge in [0, 0.05) is 37.8 Å². The fraction of sp³-hybridized carbons (Fsp3) is 0.391. The zero-order valence-electron chi connectivity index (χ0n) is 18.6. The number of amides is 1. The molecule has 0 unspecified atom stereocenters. The maximum Gasteiger partial charge on any atom is 0.387 e. The third-order valence-electron chi connectivity index (χ3n) is 4.42. The molecule has 0 fully saturated rings. The van der Waals surface area contributed by atoms with Crippen LogP contribution in [-0.2, 0) is 13.1 Å². The largest absolute Gasteiger partial charge is 0.490 e. The van der Waals surface area contributed by atoms with Crippen LogP contribution in [0.4, 0.5) is 8.78 Å². The summed E-state index contributed by atoms with van der Waals surface area (Å²) in [5, 5.41) is 9.09. The van der Waals surface area contributed by atoms with Gasteiger partial charge in [-0.1, -0.05) is 31.2 Å². The van der Waals surface area contributed by atoms with Gasteiger partial charge in [0.05, 0.1) is 6.61 Å². The highest BCUT2D eigenvalue weighted by Gasteiger charge is 2.16. The molecule has 0 bridgehead atoms. The van der Waals surface area contributed by atoms with E-state index < -0.39 is 6.61 Å². The van der Waals surface area contributed by atoms with Crippen molar-refractivity contribution in [3.63, 3.8) is 0 Å². The lowest BCUT2D eigenvalue weighted by molar-refractivity contribution is -0.0520. The smallest absolute Gasteiger partial charge is 0.387 e. The molecule has 0 spiro atoms.